The molecule has 1 fully saturated rings. The Hall–Kier alpha value is -0.130. The first kappa shape index (κ1) is 13.9. The zero-order valence-corrected chi connectivity index (χ0v) is 11.2. The molecule has 0 spiro atoms. The highest BCUT2D eigenvalue weighted by molar-refractivity contribution is 7.89. The highest BCUT2D eigenvalue weighted by Gasteiger charge is 2.29. The van der Waals surface area contributed by atoms with Crippen molar-refractivity contribution in [2.45, 2.75) is 39.2 Å². The Balaban J connectivity index is 2.52. The van der Waals surface area contributed by atoms with Crippen LogP contribution in [0.2, 0.25) is 0 Å². The Morgan fingerprint density at radius 1 is 1.31 bits per heavy atom. The number of sulfonamides is 1. The van der Waals surface area contributed by atoms with Crippen molar-refractivity contribution >= 4 is 10.0 Å². The molecule has 16 heavy (non-hydrogen) atoms. The molecule has 0 radical (unpaired) electrons. The molecule has 0 heterocycles. The molecule has 0 aromatic carbocycles. The summed E-state index contributed by atoms with van der Waals surface area (Å²) in [6.07, 6.45) is 3.28. The molecule has 0 saturated heterocycles. The minimum absolute atomic E-state index is 0.0566. The van der Waals surface area contributed by atoms with Crippen LogP contribution in [-0.2, 0) is 14.8 Å². The van der Waals surface area contributed by atoms with Crippen LogP contribution in [0.15, 0.2) is 0 Å². The van der Waals surface area contributed by atoms with Crippen LogP contribution in [0.5, 0.6) is 0 Å². The van der Waals surface area contributed by atoms with Crippen molar-refractivity contribution in [3.8, 4) is 0 Å². The Bertz CT molecular complexity index is 302. The predicted octanol–water partition coefficient (Wildman–Crippen LogP) is 1.38. The minimum Gasteiger partial charge on any atom is -0.384 e. The molecule has 1 aliphatic carbocycles. The highest BCUT2D eigenvalue weighted by atomic mass is 32.2. The molecule has 5 heteroatoms. The quantitative estimate of drug-likeness (QED) is 0.801. The Labute approximate surface area is 98.8 Å². The average Bonchev–Trinajstić information content (AvgIpc) is 2.22. The molecule has 1 N–H and O–H groups in total. The smallest absolute Gasteiger partial charge is 0.214 e. The molecule has 4 nitrogen and oxygen atoms in total. The normalized spacial score (nSPS) is 31.6. The fourth-order valence-electron chi connectivity index (χ4n) is 2.23. The van der Waals surface area contributed by atoms with Crippen LogP contribution in [0.3, 0.4) is 0 Å². The molecule has 0 unspecified atom stereocenters. The van der Waals surface area contributed by atoms with E-state index in [2.05, 4.69) is 18.6 Å². The monoisotopic (exact) mass is 249 g/mol. The van der Waals surface area contributed by atoms with Gasteiger partial charge in [0.05, 0.1) is 12.4 Å². The third kappa shape index (κ3) is 4.03. The maximum atomic E-state index is 11.7. The lowest BCUT2D eigenvalue weighted by Gasteiger charge is -2.34. The van der Waals surface area contributed by atoms with Crippen molar-refractivity contribution < 1.29 is 13.2 Å². The van der Waals surface area contributed by atoms with Gasteiger partial charge in [0.1, 0.15) is 0 Å². The van der Waals surface area contributed by atoms with E-state index in [1.54, 1.807) is 0 Å². The van der Waals surface area contributed by atoms with Gasteiger partial charge in [-0.2, -0.15) is 0 Å². The van der Waals surface area contributed by atoms with Crippen LogP contribution < -0.4 is 4.72 Å². The number of nitrogens with one attached hydrogen (secondary N) is 1. The zero-order valence-electron chi connectivity index (χ0n) is 10.4. The third-order valence-corrected chi connectivity index (χ3v) is 4.96. The molecule has 3 atom stereocenters. The van der Waals surface area contributed by atoms with Gasteiger partial charge in [0.2, 0.25) is 10.0 Å². The zero-order chi connectivity index (χ0) is 12.2. The van der Waals surface area contributed by atoms with E-state index in [9.17, 15) is 8.42 Å². The topological polar surface area (TPSA) is 55.4 Å². The second-order valence-electron chi connectivity index (χ2n) is 4.80. The average molecular weight is 249 g/mol. The number of methoxy groups -OCH3 is 1. The first-order valence-electron chi connectivity index (χ1n) is 5.95. The molecular formula is C11H23NO3S. The molecular weight excluding hydrogens is 226 g/mol. The maximum absolute atomic E-state index is 11.7. The summed E-state index contributed by atoms with van der Waals surface area (Å²) in [4.78, 5) is 0. The van der Waals surface area contributed by atoms with Gasteiger partial charge in [0.15, 0.2) is 0 Å². The molecule has 0 aliphatic heterocycles. The lowest BCUT2D eigenvalue weighted by atomic mass is 9.78. The molecule has 0 amide bonds. The summed E-state index contributed by atoms with van der Waals surface area (Å²) >= 11 is 0. The van der Waals surface area contributed by atoms with E-state index in [0.29, 0.717) is 11.8 Å². The second-order valence-corrected chi connectivity index (χ2v) is 6.68. The lowest BCUT2D eigenvalue weighted by molar-refractivity contribution is 0.213. The van der Waals surface area contributed by atoms with E-state index >= 15 is 0 Å². The van der Waals surface area contributed by atoms with Gasteiger partial charge in [0, 0.05) is 13.2 Å². The van der Waals surface area contributed by atoms with Crippen molar-refractivity contribution in [1.29, 1.82) is 0 Å². The SMILES string of the molecule is COCCS(=O)(=O)N[C@@H]1CCC[C@@H](C)[C@@H]1C. The fraction of sp³-hybridized carbons (Fsp3) is 1.00. The van der Waals surface area contributed by atoms with Crippen molar-refractivity contribution in [3.05, 3.63) is 0 Å². The van der Waals surface area contributed by atoms with Gasteiger partial charge in [-0.25, -0.2) is 13.1 Å². The van der Waals surface area contributed by atoms with Gasteiger partial charge in [-0.15, -0.1) is 0 Å². The van der Waals surface area contributed by atoms with Crippen molar-refractivity contribution in [1.82, 2.24) is 4.72 Å². The van der Waals surface area contributed by atoms with Gasteiger partial charge in [0.25, 0.3) is 0 Å². The summed E-state index contributed by atoms with van der Waals surface area (Å²) < 4.78 is 31.0. The second kappa shape index (κ2) is 5.98. The Morgan fingerprint density at radius 3 is 2.62 bits per heavy atom. The molecule has 1 saturated carbocycles. The van der Waals surface area contributed by atoms with Crippen LogP contribution >= 0.6 is 0 Å². The van der Waals surface area contributed by atoms with E-state index < -0.39 is 10.0 Å². The van der Waals surface area contributed by atoms with E-state index in [1.807, 2.05) is 0 Å². The number of hydrogen-bond donors (Lipinski definition) is 1. The lowest BCUT2D eigenvalue weighted by Crippen LogP contribution is -2.44. The van der Waals surface area contributed by atoms with Crippen molar-refractivity contribution in [3.63, 3.8) is 0 Å². The van der Waals surface area contributed by atoms with Crippen molar-refractivity contribution in [2.75, 3.05) is 19.5 Å². The van der Waals surface area contributed by atoms with Crippen LogP contribution in [0.4, 0.5) is 0 Å². The summed E-state index contributed by atoms with van der Waals surface area (Å²) in [7, 11) is -1.66. The van der Waals surface area contributed by atoms with Gasteiger partial charge >= 0.3 is 0 Å². The first-order valence-corrected chi connectivity index (χ1v) is 7.60. The summed E-state index contributed by atoms with van der Waals surface area (Å²) in [6.45, 7) is 4.58. The number of hydrogen-bond acceptors (Lipinski definition) is 3. The third-order valence-electron chi connectivity index (χ3n) is 3.59. The summed E-state index contributed by atoms with van der Waals surface area (Å²) in [5.41, 5.74) is 0. The largest absolute Gasteiger partial charge is 0.384 e. The molecule has 0 bridgehead atoms. The first-order chi connectivity index (χ1) is 7.46. The van der Waals surface area contributed by atoms with Gasteiger partial charge < -0.3 is 4.74 Å². The molecule has 0 aromatic rings. The summed E-state index contributed by atoms with van der Waals surface area (Å²) in [5, 5.41) is 0. The maximum Gasteiger partial charge on any atom is 0.214 e. The molecule has 1 rings (SSSR count). The van der Waals surface area contributed by atoms with Gasteiger partial charge in [-0.3, -0.25) is 0 Å². The molecule has 96 valence electrons. The Kier molecular flexibility index (Phi) is 5.21. The van der Waals surface area contributed by atoms with E-state index in [1.165, 1.54) is 13.5 Å². The van der Waals surface area contributed by atoms with E-state index in [4.69, 9.17) is 4.74 Å². The van der Waals surface area contributed by atoms with Gasteiger partial charge in [-0.1, -0.05) is 26.7 Å². The van der Waals surface area contributed by atoms with Crippen molar-refractivity contribution in [2.24, 2.45) is 11.8 Å². The molecule has 0 aromatic heterocycles. The highest BCUT2D eigenvalue weighted by Crippen LogP contribution is 2.29. The number of rotatable bonds is 5. The summed E-state index contributed by atoms with van der Waals surface area (Å²) in [5.74, 6) is 1.08. The molecule has 1 aliphatic rings. The summed E-state index contributed by atoms with van der Waals surface area (Å²) in [6, 6.07) is 0.102. The Morgan fingerprint density at radius 2 is 2.00 bits per heavy atom. The fourth-order valence-corrected chi connectivity index (χ4v) is 3.53. The van der Waals surface area contributed by atoms with Gasteiger partial charge in [-0.05, 0) is 18.3 Å². The number of ether oxygens (including phenoxy) is 1. The van der Waals surface area contributed by atoms with Crippen LogP contribution in [0.25, 0.3) is 0 Å². The minimum atomic E-state index is -3.17. The van der Waals surface area contributed by atoms with E-state index in [0.717, 1.165) is 12.8 Å². The van der Waals surface area contributed by atoms with Crippen LogP contribution in [0, 0.1) is 11.8 Å². The van der Waals surface area contributed by atoms with Crippen LogP contribution in [-0.4, -0.2) is 33.9 Å². The predicted molar refractivity (Wildman–Crippen MR) is 64.8 cm³/mol. The standard InChI is InChI=1S/C11H23NO3S/c1-9-5-4-6-11(10(9)2)12-16(13,14)8-7-15-3/h9-12H,4-8H2,1-3H3/t9-,10+,11-/m1/s1. The van der Waals surface area contributed by atoms with E-state index in [-0.39, 0.29) is 18.4 Å². The van der Waals surface area contributed by atoms with Crippen LogP contribution in [0.1, 0.15) is 33.1 Å².